The van der Waals surface area contributed by atoms with E-state index in [0.29, 0.717) is 18.1 Å². The maximum atomic E-state index is 11.9. The quantitative estimate of drug-likeness (QED) is 0.130. The van der Waals surface area contributed by atoms with Crippen molar-refractivity contribution in [1.82, 2.24) is 15.0 Å². The van der Waals surface area contributed by atoms with Gasteiger partial charge in [-0.25, -0.2) is 15.0 Å². The number of benzene rings is 3. The molecule has 1 heterocycles. The summed E-state index contributed by atoms with van der Waals surface area (Å²) in [4.78, 5) is 25.7. The molecule has 0 radical (unpaired) electrons. The number of rotatable bonds is 14. The molecule has 0 atom stereocenters. The van der Waals surface area contributed by atoms with E-state index in [4.69, 9.17) is 9.47 Å². The maximum Gasteiger partial charge on any atom is 0.305 e. The molecule has 4 rings (SSSR count). The van der Waals surface area contributed by atoms with Crippen LogP contribution in [-0.4, -0.2) is 44.3 Å². The third-order valence-electron chi connectivity index (χ3n) is 6.34. The van der Waals surface area contributed by atoms with Crippen LogP contribution in [-0.2, 0) is 9.53 Å². The van der Waals surface area contributed by atoms with Crippen LogP contribution in [0.15, 0.2) is 72.8 Å². The Kier molecular flexibility index (Phi) is 10.4. The Hall–Kier alpha value is -4.46. The van der Waals surface area contributed by atoms with Crippen LogP contribution in [0.25, 0.3) is 34.2 Å². The molecule has 4 aromatic rings. The predicted octanol–water partition coefficient (Wildman–Crippen LogP) is 6.96. The van der Waals surface area contributed by atoms with Crippen LogP contribution in [0.2, 0.25) is 0 Å². The van der Waals surface area contributed by atoms with E-state index in [1.807, 2.05) is 60.7 Å². The lowest BCUT2D eigenvalue weighted by molar-refractivity contribution is -0.144. The summed E-state index contributed by atoms with van der Waals surface area (Å²) >= 11 is 0. The van der Waals surface area contributed by atoms with Gasteiger partial charge in [0.15, 0.2) is 17.5 Å². The summed E-state index contributed by atoms with van der Waals surface area (Å²) in [5.74, 6) is 0.416. The minimum atomic E-state index is -0.251. The van der Waals surface area contributed by atoms with Crippen molar-refractivity contribution in [3.63, 3.8) is 0 Å². The monoisotopic (exact) mass is 541 g/mol. The standard InChI is InChI=1S/C32H35N3O5/c1-2-3-4-5-6-13-18-28(38)40-20-19-39-25-21-26(36)29(27(37)22-25)32-34-30(23-14-9-7-10-15-23)33-31(35-32)24-16-11-8-12-17-24/h7-12,14-17,21-22,36-37H,2-6,13,18-20H2,1H3. The number of unbranched alkanes of at least 4 members (excludes halogenated alkanes) is 5. The van der Waals surface area contributed by atoms with Crippen molar-refractivity contribution in [1.29, 1.82) is 0 Å². The second kappa shape index (κ2) is 14.6. The van der Waals surface area contributed by atoms with E-state index in [9.17, 15) is 15.0 Å². The number of nitrogens with zero attached hydrogens (tertiary/aromatic N) is 3. The molecule has 2 N–H and O–H groups in total. The van der Waals surface area contributed by atoms with Crippen LogP contribution >= 0.6 is 0 Å². The molecule has 0 spiro atoms. The summed E-state index contributed by atoms with van der Waals surface area (Å²) < 4.78 is 10.9. The number of carbonyl (C=O) groups is 1. The molecule has 0 aliphatic rings. The van der Waals surface area contributed by atoms with E-state index in [0.717, 1.165) is 30.4 Å². The average molecular weight is 542 g/mol. The molecule has 208 valence electrons. The number of hydrogen-bond acceptors (Lipinski definition) is 8. The summed E-state index contributed by atoms with van der Waals surface area (Å²) in [6.45, 7) is 2.34. The number of aromatic nitrogens is 3. The van der Waals surface area contributed by atoms with Crippen LogP contribution in [0.5, 0.6) is 17.2 Å². The summed E-state index contributed by atoms with van der Waals surface area (Å²) in [5, 5.41) is 21.7. The van der Waals surface area contributed by atoms with Crippen molar-refractivity contribution in [2.24, 2.45) is 0 Å². The van der Waals surface area contributed by atoms with Crippen LogP contribution in [0.1, 0.15) is 51.9 Å². The first kappa shape index (κ1) is 28.5. The van der Waals surface area contributed by atoms with Gasteiger partial charge >= 0.3 is 5.97 Å². The highest BCUT2D eigenvalue weighted by molar-refractivity contribution is 5.75. The Bertz CT molecular complexity index is 1300. The summed E-state index contributed by atoms with van der Waals surface area (Å²) in [5.41, 5.74) is 1.61. The van der Waals surface area contributed by atoms with E-state index < -0.39 is 0 Å². The molecule has 8 heteroatoms. The minimum Gasteiger partial charge on any atom is -0.507 e. The average Bonchev–Trinajstić information content (AvgIpc) is 2.97. The fourth-order valence-corrected chi connectivity index (χ4v) is 4.26. The highest BCUT2D eigenvalue weighted by atomic mass is 16.6. The second-order valence-electron chi connectivity index (χ2n) is 9.46. The van der Waals surface area contributed by atoms with Gasteiger partial charge in [-0.1, -0.05) is 99.7 Å². The van der Waals surface area contributed by atoms with Gasteiger partial charge in [0, 0.05) is 29.7 Å². The third kappa shape index (κ3) is 8.02. The highest BCUT2D eigenvalue weighted by Crippen LogP contribution is 2.40. The number of esters is 1. The van der Waals surface area contributed by atoms with Crippen LogP contribution in [0.4, 0.5) is 0 Å². The van der Waals surface area contributed by atoms with Crippen LogP contribution < -0.4 is 4.74 Å². The zero-order valence-electron chi connectivity index (χ0n) is 22.8. The lowest BCUT2D eigenvalue weighted by Gasteiger charge is -2.13. The van der Waals surface area contributed by atoms with Gasteiger partial charge in [-0.2, -0.15) is 0 Å². The van der Waals surface area contributed by atoms with Gasteiger partial charge in [0.1, 0.15) is 36.0 Å². The lowest BCUT2D eigenvalue weighted by atomic mass is 10.1. The van der Waals surface area contributed by atoms with E-state index >= 15 is 0 Å². The fourth-order valence-electron chi connectivity index (χ4n) is 4.26. The van der Waals surface area contributed by atoms with Crippen molar-refractivity contribution in [3.8, 4) is 51.4 Å². The molecular weight excluding hydrogens is 506 g/mol. The smallest absolute Gasteiger partial charge is 0.305 e. The number of aromatic hydroxyl groups is 2. The number of phenols is 2. The van der Waals surface area contributed by atoms with Crippen molar-refractivity contribution in [2.75, 3.05) is 13.2 Å². The zero-order chi connectivity index (χ0) is 28.2. The number of ether oxygens (including phenoxy) is 2. The molecule has 0 aliphatic heterocycles. The van der Waals surface area contributed by atoms with Crippen molar-refractivity contribution in [3.05, 3.63) is 72.8 Å². The first-order chi connectivity index (χ1) is 19.5. The van der Waals surface area contributed by atoms with Gasteiger partial charge in [-0.05, 0) is 6.42 Å². The van der Waals surface area contributed by atoms with E-state index in [2.05, 4.69) is 21.9 Å². The first-order valence-corrected chi connectivity index (χ1v) is 13.8. The molecule has 0 saturated heterocycles. The van der Waals surface area contributed by atoms with Crippen molar-refractivity contribution < 1.29 is 24.5 Å². The topological polar surface area (TPSA) is 115 Å². The van der Waals surface area contributed by atoms with E-state index in [1.54, 1.807) is 0 Å². The van der Waals surface area contributed by atoms with Crippen LogP contribution in [0.3, 0.4) is 0 Å². The molecule has 0 unspecified atom stereocenters. The van der Waals surface area contributed by atoms with Gasteiger partial charge < -0.3 is 19.7 Å². The second-order valence-corrected chi connectivity index (χ2v) is 9.46. The van der Waals surface area contributed by atoms with Gasteiger partial charge in [0.2, 0.25) is 0 Å². The van der Waals surface area contributed by atoms with Gasteiger partial charge in [-0.3, -0.25) is 4.79 Å². The summed E-state index contributed by atoms with van der Waals surface area (Å²) in [6.07, 6.45) is 7.00. The normalized spacial score (nSPS) is 10.8. The van der Waals surface area contributed by atoms with E-state index in [-0.39, 0.29) is 47.8 Å². The Balaban J connectivity index is 1.43. The molecule has 3 aromatic carbocycles. The van der Waals surface area contributed by atoms with Crippen molar-refractivity contribution in [2.45, 2.75) is 51.9 Å². The Labute approximate surface area is 234 Å². The zero-order valence-corrected chi connectivity index (χ0v) is 22.8. The minimum absolute atomic E-state index is 0.0643. The largest absolute Gasteiger partial charge is 0.507 e. The third-order valence-corrected chi connectivity index (χ3v) is 6.34. The molecule has 1 aromatic heterocycles. The van der Waals surface area contributed by atoms with Gasteiger partial charge in [-0.15, -0.1) is 0 Å². The van der Waals surface area contributed by atoms with Crippen molar-refractivity contribution >= 4 is 5.97 Å². The number of hydrogen-bond donors (Lipinski definition) is 2. The molecule has 0 bridgehead atoms. The maximum absolute atomic E-state index is 11.9. The van der Waals surface area contributed by atoms with Gasteiger partial charge in [0.05, 0.1) is 0 Å². The first-order valence-electron chi connectivity index (χ1n) is 13.8. The Morgan fingerprint density at radius 2 is 1.23 bits per heavy atom. The fraction of sp³-hybridized carbons (Fsp3) is 0.312. The summed E-state index contributed by atoms with van der Waals surface area (Å²) in [6, 6.07) is 21.6. The predicted molar refractivity (Wildman–Crippen MR) is 154 cm³/mol. The molecule has 0 amide bonds. The molecule has 40 heavy (non-hydrogen) atoms. The number of phenolic OH excluding ortho intramolecular Hbond substituents is 2. The molecule has 8 nitrogen and oxygen atoms in total. The Morgan fingerprint density at radius 1 is 0.700 bits per heavy atom. The molecule has 0 aliphatic carbocycles. The number of carbonyl (C=O) groups excluding carboxylic acids is 1. The SMILES string of the molecule is CCCCCCCCC(=O)OCCOc1cc(O)c(-c2nc(-c3ccccc3)nc(-c3ccccc3)n2)c(O)c1. The molecule has 0 saturated carbocycles. The lowest BCUT2D eigenvalue weighted by Crippen LogP contribution is -2.12. The molecular formula is C32H35N3O5. The summed E-state index contributed by atoms with van der Waals surface area (Å²) in [7, 11) is 0. The van der Waals surface area contributed by atoms with Crippen LogP contribution in [0, 0.1) is 0 Å². The molecule has 0 fully saturated rings. The Morgan fingerprint density at radius 3 is 1.80 bits per heavy atom. The highest BCUT2D eigenvalue weighted by Gasteiger charge is 2.19. The van der Waals surface area contributed by atoms with E-state index in [1.165, 1.54) is 31.4 Å². The van der Waals surface area contributed by atoms with Gasteiger partial charge in [0.25, 0.3) is 0 Å².